The number of hydrogen-bond acceptors (Lipinski definition) is 2. The number of rotatable bonds is 0. The first kappa shape index (κ1) is 10.8. The van der Waals surface area contributed by atoms with Gasteiger partial charge in [-0.3, -0.25) is 0 Å². The maximum Gasteiger partial charge on any atom is 0.343 e. The van der Waals surface area contributed by atoms with Crippen LogP contribution in [0.15, 0.2) is 34.4 Å². The zero-order chi connectivity index (χ0) is 11.3. The van der Waals surface area contributed by atoms with Gasteiger partial charge in [-0.05, 0) is 12.1 Å². The van der Waals surface area contributed by atoms with Crippen LogP contribution in [0.25, 0.3) is 0 Å². The minimum absolute atomic E-state index is 0.183. The average Bonchev–Trinajstić information content (AvgIpc) is 2.21. The van der Waals surface area contributed by atoms with Gasteiger partial charge >= 0.3 is 6.03 Å². The first-order valence-corrected chi connectivity index (χ1v) is 4.11. The van der Waals surface area contributed by atoms with E-state index in [1.165, 1.54) is 19.3 Å². The van der Waals surface area contributed by atoms with Gasteiger partial charge in [0.15, 0.2) is 5.49 Å². The van der Waals surface area contributed by atoms with E-state index in [1.54, 1.807) is 12.1 Å². The third kappa shape index (κ3) is 3.14. The molecular weight excluding hydrogens is 198 g/mol. The van der Waals surface area contributed by atoms with Crippen LogP contribution in [0.2, 0.25) is 0 Å². The van der Waals surface area contributed by atoms with Crippen LogP contribution >= 0.6 is 0 Å². The van der Waals surface area contributed by atoms with Crippen molar-refractivity contribution in [1.29, 1.82) is 0 Å². The molecule has 0 spiro atoms. The summed E-state index contributed by atoms with van der Waals surface area (Å²) in [6, 6.07) is 4.20. The van der Waals surface area contributed by atoms with Crippen LogP contribution in [0.3, 0.4) is 0 Å². The predicted octanol–water partition coefficient (Wildman–Crippen LogP) is -0.720. The molecule has 0 bridgehead atoms. The molecule has 80 valence electrons. The van der Waals surface area contributed by atoms with Crippen molar-refractivity contribution in [3.8, 4) is 0 Å². The number of nitrogens with two attached hydrogens (primary N) is 1. The minimum atomic E-state index is -0.600. The van der Waals surface area contributed by atoms with Crippen molar-refractivity contribution in [2.24, 2.45) is 15.7 Å². The molecule has 0 radical (unpaired) electrons. The van der Waals surface area contributed by atoms with Crippen molar-refractivity contribution in [2.75, 3.05) is 7.05 Å². The molecule has 1 heterocycles. The van der Waals surface area contributed by atoms with Gasteiger partial charge in [0, 0.05) is 13.2 Å². The van der Waals surface area contributed by atoms with Gasteiger partial charge in [-0.15, -0.1) is 0 Å². The van der Waals surface area contributed by atoms with Crippen LogP contribution in [0.4, 0.5) is 4.79 Å². The van der Waals surface area contributed by atoms with Gasteiger partial charge in [-0.2, -0.15) is 14.7 Å². The van der Waals surface area contributed by atoms with Gasteiger partial charge in [0.05, 0.1) is 0 Å². The van der Waals surface area contributed by atoms with Gasteiger partial charge < -0.3 is 16.3 Å². The number of aliphatic imine (C=N–C) groups is 1. The molecule has 1 rings (SSSR count). The zero-order valence-corrected chi connectivity index (χ0v) is 8.08. The first-order valence-electron chi connectivity index (χ1n) is 4.11. The zero-order valence-electron chi connectivity index (χ0n) is 8.08. The Morgan fingerprint density at radius 3 is 2.93 bits per heavy atom. The molecule has 4 N–H and O–H groups in total. The summed E-state index contributed by atoms with van der Waals surface area (Å²) < 4.78 is 0.770. The third-order valence-corrected chi connectivity index (χ3v) is 1.48. The topological polar surface area (TPSA) is 105 Å². The number of nitrogens with one attached hydrogen (secondary N) is 1. The fraction of sp³-hybridized carbons (Fsp3) is 0.125. The Balaban J connectivity index is 3.03. The second-order valence-electron chi connectivity index (χ2n) is 2.54. The molecular formula is C8H11N5O2. The van der Waals surface area contributed by atoms with E-state index in [0.29, 0.717) is 0 Å². The SMILES string of the molecule is CNC(=O)N=C(N)N=c1ccccn1O. The first-order chi connectivity index (χ1) is 7.13. The maximum atomic E-state index is 10.8. The molecule has 2 amide bonds. The van der Waals surface area contributed by atoms with Crippen LogP contribution in [0, 0.1) is 0 Å². The van der Waals surface area contributed by atoms with Gasteiger partial charge in [0.1, 0.15) is 0 Å². The van der Waals surface area contributed by atoms with Crippen molar-refractivity contribution in [3.05, 3.63) is 29.9 Å². The lowest BCUT2D eigenvalue weighted by Gasteiger charge is -1.96. The lowest BCUT2D eigenvalue weighted by atomic mass is 10.5. The quantitative estimate of drug-likeness (QED) is 0.298. The molecule has 0 aliphatic carbocycles. The highest BCUT2D eigenvalue weighted by Gasteiger charge is 1.95. The Labute approximate surface area is 85.5 Å². The fourth-order valence-electron chi connectivity index (χ4n) is 0.816. The normalized spacial score (nSPS) is 12.6. The lowest BCUT2D eigenvalue weighted by Crippen LogP contribution is -2.24. The van der Waals surface area contributed by atoms with Gasteiger partial charge in [0.25, 0.3) is 0 Å². The number of hydrogen-bond donors (Lipinski definition) is 3. The second-order valence-corrected chi connectivity index (χ2v) is 2.54. The second kappa shape index (κ2) is 4.80. The lowest BCUT2D eigenvalue weighted by molar-refractivity contribution is 0.172. The smallest absolute Gasteiger partial charge is 0.343 e. The van der Waals surface area contributed by atoms with Crippen LogP contribution in [0.1, 0.15) is 0 Å². The summed E-state index contributed by atoms with van der Waals surface area (Å²) in [5, 5.41) is 11.5. The molecule has 0 aromatic carbocycles. The summed E-state index contributed by atoms with van der Waals surface area (Å²) in [5.41, 5.74) is 5.53. The molecule has 1 aromatic rings. The van der Waals surface area contributed by atoms with Crippen LogP contribution in [-0.2, 0) is 0 Å². The Kier molecular flexibility index (Phi) is 3.44. The van der Waals surface area contributed by atoms with E-state index in [-0.39, 0.29) is 11.4 Å². The molecule has 0 atom stereocenters. The van der Waals surface area contributed by atoms with E-state index >= 15 is 0 Å². The summed E-state index contributed by atoms with van der Waals surface area (Å²) in [6.45, 7) is 0. The average molecular weight is 209 g/mol. The van der Waals surface area contributed by atoms with Gasteiger partial charge in [0.2, 0.25) is 5.96 Å². The van der Waals surface area contributed by atoms with E-state index in [9.17, 15) is 10.0 Å². The molecule has 0 fully saturated rings. The summed E-state index contributed by atoms with van der Waals surface area (Å²) >= 11 is 0. The molecule has 0 aliphatic rings. The minimum Gasteiger partial charge on any atom is -0.427 e. The maximum absolute atomic E-state index is 10.8. The van der Waals surface area contributed by atoms with E-state index in [1.807, 2.05) is 0 Å². The van der Waals surface area contributed by atoms with Gasteiger partial charge in [-0.1, -0.05) is 6.07 Å². The fourth-order valence-corrected chi connectivity index (χ4v) is 0.816. The van der Waals surface area contributed by atoms with E-state index in [2.05, 4.69) is 15.3 Å². The number of amides is 2. The molecule has 0 aliphatic heterocycles. The highest BCUT2D eigenvalue weighted by molar-refractivity contribution is 5.91. The predicted molar refractivity (Wildman–Crippen MR) is 53.3 cm³/mol. The van der Waals surface area contributed by atoms with E-state index < -0.39 is 6.03 Å². The van der Waals surface area contributed by atoms with Crippen LogP contribution in [-0.4, -0.2) is 29.0 Å². The molecule has 0 saturated carbocycles. The highest BCUT2D eigenvalue weighted by Crippen LogP contribution is 1.78. The Bertz CT molecular complexity index is 448. The highest BCUT2D eigenvalue weighted by atomic mass is 16.5. The summed E-state index contributed by atoms with van der Waals surface area (Å²) in [5.74, 6) is -0.233. The van der Waals surface area contributed by atoms with Crippen molar-refractivity contribution in [1.82, 2.24) is 10.0 Å². The number of pyridine rings is 1. The van der Waals surface area contributed by atoms with Crippen molar-refractivity contribution in [3.63, 3.8) is 0 Å². The van der Waals surface area contributed by atoms with Crippen molar-refractivity contribution in [2.45, 2.75) is 0 Å². The molecule has 1 aromatic heterocycles. The summed E-state index contributed by atoms with van der Waals surface area (Å²) in [4.78, 5) is 17.9. The number of aromatic nitrogens is 1. The number of urea groups is 1. The molecule has 7 nitrogen and oxygen atoms in total. The van der Waals surface area contributed by atoms with Crippen molar-refractivity contribution >= 4 is 12.0 Å². The van der Waals surface area contributed by atoms with Crippen LogP contribution < -0.4 is 16.5 Å². The van der Waals surface area contributed by atoms with Crippen LogP contribution in [0.5, 0.6) is 0 Å². The van der Waals surface area contributed by atoms with E-state index in [4.69, 9.17) is 5.73 Å². The van der Waals surface area contributed by atoms with Crippen molar-refractivity contribution < 1.29 is 10.0 Å². The number of nitrogens with zero attached hydrogens (tertiary/aromatic N) is 3. The third-order valence-electron chi connectivity index (χ3n) is 1.48. The number of carbonyl (C=O) groups is 1. The van der Waals surface area contributed by atoms with E-state index in [0.717, 1.165) is 4.73 Å². The standard InChI is InChI=1S/C8H11N5O2/c1-10-8(14)12-7(9)11-6-4-2-3-5-13(6)15/h2-5,15H,1H3,(H3,9,10,12,14). The molecule has 7 heteroatoms. The molecule has 0 unspecified atom stereocenters. The molecule has 15 heavy (non-hydrogen) atoms. The number of guanidine groups is 1. The summed E-state index contributed by atoms with van der Waals surface area (Å²) in [7, 11) is 1.42. The molecule has 0 saturated heterocycles. The number of carbonyl (C=O) groups excluding carboxylic acids is 1. The monoisotopic (exact) mass is 209 g/mol. The largest absolute Gasteiger partial charge is 0.427 e. The Morgan fingerprint density at radius 2 is 2.33 bits per heavy atom. The Morgan fingerprint density at radius 1 is 1.60 bits per heavy atom. The van der Waals surface area contributed by atoms with Gasteiger partial charge in [-0.25, -0.2) is 4.79 Å². The Hall–Kier alpha value is -2.31. The summed E-state index contributed by atoms with van der Waals surface area (Å²) in [6.07, 6.45) is 1.38.